The Kier molecular flexibility index (Phi) is 5.90. The molecule has 0 aromatic heterocycles. The summed E-state index contributed by atoms with van der Waals surface area (Å²) in [5.74, 6) is -1.97. The van der Waals surface area contributed by atoms with E-state index in [1.165, 1.54) is 53.0 Å². The molecule has 50 heavy (non-hydrogen) atoms. The van der Waals surface area contributed by atoms with E-state index in [9.17, 15) is 19.8 Å². The molecular weight excluding hydrogens is 717 g/mol. The molecule has 12 nitrogen and oxygen atoms in total. The van der Waals surface area contributed by atoms with Crippen molar-refractivity contribution in [2.45, 2.75) is 82.5 Å². The SMILES string of the molecule is CC(C)[C@]12SS[C@]3(C(=O)N1C)[C@@H](O)C1(C45c6ccccc6N[C@H]4N4C(=O)[C@@]6(C(C)C)SS[C@]4(C(=O)N6C)[C@H]5O)c4ccccc4N[C@@H]1N3C2=O. The van der Waals surface area contributed by atoms with Crippen LogP contribution in [0.2, 0.25) is 0 Å². The number of para-hydroxylation sites is 2. The second kappa shape index (κ2) is 9.23. The van der Waals surface area contributed by atoms with E-state index in [0.29, 0.717) is 22.5 Å². The van der Waals surface area contributed by atoms with Crippen molar-refractivity contribution in [1.82, 2.24) is 19.6 Å². The van der Waals surface area contributed by atoms with Crippen LogP contribution >= 0.6 is 43.2 Å². The minimum atomic E-state index is -1.78. The number of anilines is 2. The Morgan fingerprint density at radius 1 is 0.600 bits per heavy atom. The summed E-state index contributed by atoms with van der Waals surface area (Å²) in [7, 11) is 8.25. The highest BCUT2D eigenvalue weighted by Gasteiger charge is 2.93. The number of hydrogen-bond acceptors (Lipinski definition) is 12. The molecule has 10 heterocycles. The lowest BCUT2D eigenvalue weighted by molar-refractivity contribution is -0.169. The summed E-state index contributed by atoms with van der Waals surface area (Å²) in [6, 6.07) is 14.9. The number of fused-ring (bicyclic) bond motifs is 11. The van der Waals surface area contributed by atoms with Gasteiger partial charge in [0.2, 0.25) is 9.74 Å². The number of likely N-dealkylation sites (N-methyl/N-ethyl adjacent to an activating group) is 2. The van der Waals surface area contributed by atoms with Crippen LogP contribution < -0.4 is 10.6 Å². The smallest absolute Gasteiger partial charge is 0.264 e. The summed E-state index contributed by atoms with van der Waals surface area (Å²) in [4.78, 5) is 60.2. The Bertz CT molecular complexity index is 1870. The first-order valence-corrected chi connectivity index (χ1v) is 21.1. The number of rotatable bonds is 3. The predicted molar refractivity (Wildman–Crippen MR) is 193 cm³/mol. The van der Waals surface area contributed by atoms with Gasteiger partial charge < -0.3 is 30.6 Å². The second-order valence-corrected chi connectivity index (χ2v) is 20.4. The van der Waals surface area contributed by atoms with Crippen molar-refractivity contribution < 1.29 is 29.4 Å². The van der Waals surface area contributed by atoms with Crippen molar-refractivity contribution in [3.05, 3.63) is 59.7 Å². The van der Waals surface area contributed by atoms with Gasteiger partial charge >= 0.3 is 0 Å². The third-order valence-corrected chi connectivity index (χ3v) is 20.9. The highest BCUT2D eigenvalue weighted by Crippen LogP contribution is 2.79. The first-order chi connectivity index (χ1) is 23.7. The van der Waals surface area contributed by atoms with E-state index in [1.54, 1.807) is 23.9 Å². The molecule has 0 aliphatic carbocycles. The molecule has 8 saturated heterocycles. The van der Waals surface area contributed by atoms with Gasteiger partial charge in [0.15, 0.2) is 9.74 Å². The minimum Gasteiger partial charge on any atom is -0.388 e. The summed E-state index contributed by atoms with van der Waals surface area (Å²) in [6.45, 7) is 7.66. The van der Waals surface area contributed by atoms with Crippen molar-refractivity contribution >= 4 is 78.2 Å². The number of aliphatic hydroxyl groups is 2. The second-order valence-electron chi connectivity index (χ2n) is 15.2. The lowest BCUT2D eigenvalue weighted by Crippen LogP contribution is -2.79. The molecule has 12 rings (SSSR count). The van der Waals surface area contributed by atoms with Gasteiger partial charge in [0.1, 0.15) is 24.5 Å². The average molecular weight is 753 g/mol. The van der Waals surface area contributed by atoms with Gasteiger partial charge in [-0.15, -0.1) is 0 Å². The lowest BCUT2D eigenvalue weighted by atomic mass is 9.52. The summed E-state index contributed by atoms with van der Waals surface area (Å²) in [5.41, 5.74) is -0.799. The summed E-state index contributed by atoms with van der Waals surface area (Å²) in [5, 5.41) is 34.2. The normalized spacial score (nSPS) is 44.4. The third kappa shape index (κ3) is 2.67. The maximum absolute atomic E-state index is 15.2. The van der Waals surface area contributed by atoms with Gasteiger partial charge in [0.25, 0.3) is 23.6 Å². The van der Waals surface area contributed by atoms with Gasteiger partial charge in [0, 0.05) is 25.5 Å². The van der Waals surface area contributed by atoms with E-state index in [4.69, 9.17) is 0 Å². The fraction of sp³-hybridized carbons (Fsp3) is 0.529. The van der Waals surface area contributed by atoms with Crippen LogP contribution in [0.3, 0.4) is 0 Å². The van der Waals surface area contributed by atoms with Crippen LogP contribution in [0.15, 0.2) is 48.5 Å². The fourth-order valence-electron chi connectivity index (χ4n) is 11.0. The Morgan fingerprint density at radius 2 is 0.960 bits per heavy atom. The first-order valence-electron chi connectivity index (χ1n) is 16.8. The van der Waals surface area contributed by atoms with Crippen LogP contribution in [-0.2, 0) is 30.0 Å². The number of carbonyl (C=O) groups is 4. The third-order valence-electron chi connectivity index (χ3n) is 13.1. The minimum absolute atomic E-state index is 0.276. The molecule has 2 unspecified atom stereocenters. The quantitative estimate of drug-likeness (QED) is 0.342. The van der Waals surface area contributed by atoms with Crippen molar-refractivity contribution in [2.24, 2.45) is 11.8 Å². The number of hydrogen-bond donors (Lipinski definition) is 4. The maximum Gasteiger partial charge on any atom is 0.264 e. The molecule has 0 saturated carbocycles. The Hall–Kier alpha value is -2.76. The molecule has 10 atom stereocenters. The molecule has 4 amide bonds. The number of benzene rings is 2. The highest BCUT2D eigenvalue weighted by atomic mass is 33.1. The van der Waals surface area contributed by atoms with Crippen LogP contribution in [-0.4, -0.2) is 112 Å². The summed E-state index contributed by atoms with van der Waals surface area (Å²) < 4.78 is 0. The molecule has 16 heteroatoms. The zero-order valence-corrected chi connectivity index (χ0v) is 31.3. The van der Waals surface area contributed by atoms with E-state index in [1.807, 2.05) is 76.2 Å². The number of nitrogens with zero attached hydrogens (tertiary/aromatic N) is 4. The standard InChI is InChI=1S/C34H36N6O6S4/c1-15(2)31-27(45)39-23-29(17-11-7-9-13-19(17)35-23,21(41)33(39,49-47-31)25(43)37(31)5)30-18-12-8-10-14-20(18)36-24(30)40-28(46)32(16(3)4)38(6)26(44)34(40,22(30)42)50-48-32/h7-16,21-24,35-36,41-42H,1-6H3/t21-,22-,23-,24+,29?,30?,31+,32+,33-,34-/m0/s1. The van der Waals surface area contributed by atoms with Crippen LogP contribution in [0.1, 0.15) is 38.8 Å². The van der Waals surface area contributed by atoms with Crippen LogP contribution in [0.25, 0.3) is 0 Å². The molecule has 4 bridgehead atoms. The molecule has 2 aromatic carbocycles. The predicted octanol–water partition coefficient (Wildman–Crippen LogP) is 2.60. The van der Waals surface area contributed by atoms with E-state index >= 15 is 9.59 Å². The lowest BCUT2D eigenvalue weighted by Gasteiger charge is -2.60. The summed E-state index contributed by atoms with van der Waals surface area (Å²) >= 11 is 0. The first kappa shape index (κ1) is 31.9. The Balaban J connectivity index is 1.33. The molecular formula is C34H36N6O6S4. The van der Waals surface area contributed by atoms with Gasteiger partial charge in [-0.25, -0.2) is 0 Å². The Labute approximate surface area is 304 Å². The number of carbonyl (C=O) groups excluding carboxylic acids is 4. The van der Waals surface area contributed by atoms with Crippen LogP contribution in [0.4, 0.5) is 11.4 Å². The average Bonchev–Trinajstić information content (AvgIpc) is 3.74. The van der Waals surface area contributed by atoms with Gasteiger partial charge in [0.05, 0.1) is 10.8 Å². The molecule has 8 fully saturated rings. The molecule has 10 aliphatic rings. The molecule has 0 radical (unpaired) electrons. The molecule has 4 N–H and O–H groups in total. The van der Waals surface area contributed by atoms with E-state index in [-0.39, 0.29) is 23.7 Å². The van der Waals surface area contributed by atoms with Crippen LogP contribution in [0.5, 0.6) is 0 Å². The zero-order chi connectivity index (χ0) is 35.3. The maximum atomic E-state index is 15.2. The van der Waals surface area contributed by atoms with Crippen molar-refractivity contribution in [3.63, 3.8) is 0 Å². The number of aliphatic hydroxyl groups excluding tert-OH is 2. The van der Waals surface area contributed by atoms with Crippen molar-refractivity contribution in [2.75, 3.05) is 24.7 Å². The number of piperazine rings is 2. The summed E-state index contributed by atoms with van der Waals surface area (Å²) in [6.07, 6.45) is -5.27. The van der Waals surface area contributed by atoms with Crippen LogP contribution in [0, 0.1) is 11.8 Å². The van der Waals surface area contributed by atoms with E-state index in [0.717, 1.165) is 0 Å². The number of amides is 4. The Morgan fingerprint density at radius 3 is 1.32 bits per heavy atom. The highest BCUT2D eigenvalue weighted by molar-refractivity contribution is 8.78. The topological polar surface area (TPSA) is 146 Å². The van der Waals surface area contributed by atoms with Gasteiger partial charge in [-0.1, -0.05) is 85.7 Å². The molecule has 262 valence electrons. The van der Waals surface area contributed by atoms with Crippen molar-refractivity contribution in [3.8, 4) is 0 Å². The van der Waals surface area contributed by atoms with Gasteiger partial charge in [-0.3, -0.25) is 29.0 Å². The molecule has 2 aromatic rings. The van der Waals surface area contributed by atoms with Crippen molar-refractivity contribution in [1.29, 1.82) is 0 Å². The zero-order valence-electron chi connectivity index (χ0n) is 28.0. The molecule has 10 aliphatic heterocycles. The van der Waals surface area contributed by atoms with Gasteiger partial charge in [-0.2, -0.15) is 0 Å². The number of nitrogens with one attached hydrogen (secondary N) is 2. The van der Waals surface area contributed by atoms with E-state index < -0.39 is 66.7 Å². The molecule has 2 spiro atoms. The largest absolute Gasteiger partial charge is 0.388 e. The van der Waals surface area contributed by atoms with Gasteiger partial charge in [-0.05, 0) is 56.7 Å². The fourth-order valence-corrected chi connectivity index (χ4v) is 19.4. The monoisotopic (exact) mass is 752 g/mol. The van der Waals surface area contributed by atoms with E-state index in [2.05, 4.69) is 10.6 Å².